The maximum Gasteiger partial charge on any atom is 0.145 e. The first-order chi connectivity index (χ1) is 16.9. The molecule has 0 saturated heterocycles. The van der Waals surface area contributed by atoms with Crippen LogP contribution in [0.3, 0.4) is 0 Å². The molecule has 1 heterocycles. The van der Waals surface area contributed by atoms with Crippen LogP contribution < -0.4 is 0 Å². The molecule has 176 valence electrons. The van der Waals surface area contributed by atoms with Crippen molar-refractivity contribution in [3.05, 3.63) is 107 Å². The number of hydrogen-bond acceptors (Lipinski definition) is 1. The Morgan fingerprint density at radius 3 is 1.83 bits per heavy atom. The molecular weight excluding hydrogens is 424 g/mol. The molecule has 0 amide bonds. The summed E-state index contributed by atoms with van der Waals surface area (Å²) in [6.07, 6.45) is 0. The van der Waals surface area contributed by atoms with Gasteiger partial charge in [0, 0.05) is 5.56 Å². The van der Waals surface area contributed by atoms with Crippen LogP contribution in [-0.4, -0.2) is 9.55 Å². The van der Waals surface area contributed by atoms with Crippen molar-refractivity contribution in [1.82, 2.24) is 9.55 Å². The van der Waals surface area contributed by atoms with Crippen LogP contribution in [0.2, 0.25) is 0 Å². The normalized spacial score (nSPS) is 11.7. The van der Waals surface area contributed by atoms with Crippen molar-refractivity contribution in [1.29, 1.82) is 0 Å². The summed E-state index contributed by atoms with van der Waals surface area (Å²) in [7, 11) is 0. The molecule has 2 nitrogen and oxygen atoms in total. The van der Waals surface area contributed by atoms with E-state index >= 15 is 0 Å². The van der Waals surface area contributed by atoms with Crippen molar-refractivity contribution >= 4 is 11.0 Å². The summed E-state index contributed by atoms with van der Waals surface area (Å²) >= 11 is 0. The van der Waals surface area contributed by atoms with E-state index in [-0.39, 0.29) is 0 Å². The zero-order chi connectivity index (χ0) is 24.7. The van der Waals surface area contributed by atoms with Crippen molar-refractivity contribution in [2.75, 3.05) is 0 Å². The molecular formula is C33H34N2. The third-order valence-electron chi connectivity index (χ3n) is 7.02. The average molecular weight is 459 g/mol. The zero-order valence-corrected chi connectivity index (χ0v) is 21.6. The maximum absolute atomic E-state index is 5.27. The lowest BCUT2D eigenvalue weighted by Crippen LogP contribution is -2.08. The van der Waals surface area contributed by atoms with Gasteiger partial charge in [-0.15, -0.1) is 0 Å². The lowest BCUT2D eigenvalue weighted by Gasteiger charge is -2.22. The molecule has 0 unspecified atom stereocenters. The highest BCUT2D eigenvalue weighted by Crippen LogP contribution is 2.38. The molecule has 2 heteroatoms. The summed E-state index contributed by atoms with van der Waals surface area (Å²) in [4.78, 5) is 5.27. The van der Waals surface area contributed by atoms with E-state index in [2.05, 4.69) is 131 Å². The summed E-state index contributed by atoms with van der Waals surface area (Å²) in [5.41, 5.74) is 12.4. The standard InChI is InChI=1S/C33H34N2/c1-21(2)27-16-11-17-28(22(3)4)32(27)35-30-19-18-26(31-23(5)12-10-13-24(31)6)20-29(30)34-33(35)25-14-8-7-9-15-25/h7-22H,1-6H3. The highest BCUT2D eigenvalue weighted by Gasteiger charge is 2.22. The highest BCUT2D eigenvalue weighted by atomic mass is 15.1. The van der Waals surface area contributed by atoms with Crippen LogP contribution in [0.25, 0.3) is 39.2 Å². The average Bonchev–Trinajstić information content (AvgIpc) is 3.22. The van der Waals surface area contributed by atoms with Gasteiger partial charge in [0.1, 0.15) is 5.82 Å². The van der Waals surface area contributed by atoms with E-state index in [0.717, 1.165) is 22.4 Å². The molecule has 0 saturated carbocycles. The van der Waals surface area contributed by atoms with Gasteiger partial charge in [-0.3, -0.25) is 4.57 Å². The number of hydrogen-bond donors (Lipinski definition) is 0. The topological polar surface area (TPSA) is 17.8 Å². The molecule has 0 fully saturated rings. The first-order valence-corrected chi connectivity index (χ1v) is 12.6. The number of aryl methyl sites for hydroxylation is 2. The second-order valence-corrected chi connectivity index (χ2v) is 10.2. The van der Waals surface area contributed by atoms with Crippen LogP contribution in [0, 0.1) is 13.8 Å². The van der Waals surface area contributed by atoms with Crippen LogP contribution in [0.15, 0.2) is 84.9 Å². The van der Waals surface area contributed by atoms with E-state index in [9.17, 15) is 0 Å². The number of nitrogens with zero attached hydrogens (tertiary/aromatic N) is 2. The summed E-state index contributed by atoms with van der Waals surface area (Å²) in [6, 6.07) is 30.6. The molecule has 0 spiro atoms. The molecule has 0 aliphatic rings. The first-order valence-electron chi connectivity index (χ1n) is 12.6. The minimum atomic E-state index is 0.402. The van der Waals surface area contributed by atoms with Crippen molar-refractivity contribution in [2.45, 2.75) is 53.4 Å². The second-order valence-electron chi connectivity index (χ2n) is 10.2. The number of benzene rings is 4. The summed E-state index contributed by atoms with van der Waals surface area (Å²) in [5, 5.41) is 0. The molecule has 0 N–H and O–H groups in total. The van der Waals surface area contributed by atoms with E-state index in [1.165, 1.54) is 39.1 Å². The maximum atomic E-state index is 5.27. The molecule has 5 aromatic rings. The van der Waals surface area contributed by atoms with Gasteiger partial charge in [0.25, 0.3) is 0 Å². The van der Waals surface area contributed by atoms with Crippen molar-refractivity contribution in [3.8, 4) is 28.2 Å². The Kier molecular flexibility index (Phi) is 6.06. The molecule has 0 bridgehead atoms. The third-order valence-corrected chi connectivity index (χ3v) is 7.02. The van der Waals surface area contributed by atoms with E-state index in [0.29, 0.717) is 11.8 Å². The fourth-order valence-electron chi connectivity index (χ4n) is 5.28. The van der Waals surface area contributed by atoms with Gasteiger partial charge in [0.05, 0.1) is 16.7 Å². The Bertz CT molecular complexity index is 1460. The fourth-order valence-corrected chi connectivity index (χ4v) is 5.28. The SMILES string of the molecule is Cc1cccc(C)c1-c1ccc2c(c1)nc(-c1ccccc1)n2-c1c(C(C)C)cccc1C(C)C. The Morgan fingerprint density at radius 1 is 0.629 bits per heavy atom. The number of fused-ring (bicyclic) bond motifs is 1. The van der Waals surface area contributed by atoms with Crippen LogP contribution in [0.5, 0.6) is 0 Å². The van der Waals surface area contributed by atoms with Gasteiger partial charge in [-0.05, 0) is 71.2 Å². The molecule has 4 aromatic carbocycles. The van der Waals surface area contributed by atoms with Crippen LogP contribution in [-0.2, 0) is 0 Å². The Morgan fingerprint density at radius 2 is 1.23 bits per heavy atom. The molecule has 5 rings (SSSR count). The fraction of sp³-hybridized carbons (Fsp3) is 0.242. The molecule has 1 aromatic heterocycles. The number of rotatable bonds is 5. The molecule has 35 heavy (non-hydrogen) atoms. The molecule has 0 atom stereocenters. The predicted molar refractivity (Wildman–Crippen MR) is 150 cm³/mol. The molecule has 0 aliphatic heterocycles. The number of aromatic nitrogens is 2. The van der Waals surface area contributed by atoms with E-state index in [1.54, 1.807) is 0 Å². The largest absolute Gasteiger partial charge is 0.292 e. The predicted octanol–water partition coefficient (Wildman–Crippen LogP) is 9.22. The zero-order valence-electron chi connectivity index (χ0n) is 21.6. The lowest BCUT2D eigenvalue weighted by molar-refractivity contribution is 0.811. The Balaban J connectivity index is 1.87. The number of imidazole rings is 1. The first kappa shape index (κ1) is 23.1. The van der Waals surface area contributed by atoms with Gasteiger partial charge in [0.15, 0.2) is 0 Å². The minimum absolute atomic E-state index is 0.402. The summed E-state index contributed by atoms with van der Waals surface area (Å²) in [6.45, 7) is 13.5. The van der Waals surface area contributed by atoms with Gasteiger partial charge in [-0.25, -0.2) is 4.98 Å². The van der Waals surface area contributed by atoms with Crippen molar-refractivity contribution in [3.63, 3.8) is 0 Å². The van der Waals surface area contributed by atoms with Gasteiger partial charge in [-0.1, -0.05) is 100 Å². The van der Waals surface area contributed by atoms with E-state index in [4.69, 9.17) is 4.98 Å². The Labute approximate surface area is 209 Å². The summed E-state index contributed by atoms with van der Waals surface area (Å²) in [5.74, 6) is 1.80. The van der Waals surface area contributed by atoms with Gasteiger partial charge in [-0.2, -0.15) is 0 Å². The van der Waals surface area contributed by atoms with Crippen molar-refractivity contribution < 1.29 is 0 Å². The Hall–Kier alpha value is -3.65. The van der Waals surface area contributed by atoms with Crippen LogP contribution >= 0.6 is 0 Å². The minimum Gasteiger partial charge on any atom is -0.292 e. The highest BCUT2D eigenvalue weighted by molar-refractivity contribution is 5.89. The second kappa shape index (κ2) is 9.19. The van der Waals surface area contributed by atoms with E-state index in [1.807, 2.05) is 0 Å². The van der Waals surface area contributed by atoms with Gasteiger partial charge in [0.2, 0.25) is 0 Å². The van der Waals surface area contributed by atoms with Crippen LogP contribution in [0.4, 0.5) is 0 Å². The van der Waals surface area contributed by atoms with Crippen molar-refractivity contribution in [2.24, 2.45) is 0 Å². The molecule has 0 radical (unpaired) electrons. The quantitative estimate of drug-likeness (QED) is 0.257. The van der Waals surface area contributed by atoms with Gasteiger partial charge < -0.3 is 0 Å². The van der Waals surface area contributed by atoms with Gasteiger partial charge >= 0.3 is 0 Å². The molecule has 0 aliphatic carbocycles. The van der Waals surface area contributed by atoms with Crippen LogP contribution in [0.1, 0.15) is 61.8 Å². The monoisotopic (exact) mass is 458 g/mol. The summed E-state index contributed by atoms with van der Waals surface area (Å²) < 4.78 is 2.41. The lowest BCUT2D eigenvalue weighted by atomic mass is 9.92. The van der Waals surface area contributed by atoms with E-state index < -0.39 is 0 Å². The smallest absolute Gasteiger partial charge is 0.145 e. The third kappa shape index (κ3) is 4.08. The number of para-hydroxylation sites is 1.